The summed E-state index contributed by atoms with van der Waals surface area (Å²) in [7, 11) is 0. The van der Waals surface area contributed by atoms with E-state index in [4.69, 9.17) is 27.9 Å². The van der Waals surface area contributed by atoms with E-state index in [-0.39, 0.29) is 11.4 Å². The van der Waals surface area contributed by atoms with Crippen molar-refractivity contribution in [3.63, 3.8) is 0 Å². The minimum atomic E-state index is -0.485. The first-order chi connectivity index (χ1) is 12.5. The van der Waals surface area contributed by atoms with Crippen molar-refractivity contribution in [2.24, 2.45) is 0 Å². The number of nitrogens with one attached hydrogen (secondary N) is 1. The maximum atomic E-state index is 12.0. The van der Waals surface area contributed by atoms with Gasteiger partial charge in [0.25, 0.3) is 5.91 Å². The van der Waals surface area contributed by atoms with E-state index in [0.717, 1.165) is 16.3 Å². The predicted octanol–water partition coefficient (Wildman–Crippen LogP) is 4.87. The van der Waals surface area contributed by atoms with Crippen molar-refractivity contribution in [3.8, 4) is 0 Å². The van der Waals surface area contributed by atoms with Crippen molar-refractivity contribution in [2.75, 3.05) is 11.9 Å². The number of fused-ring (bicyclic) bond motifs is 1. The van der Waals surface area contributed by atoms with E-state index in [1.165, 1.54) is 0 Å². The third kappa shape index (κ3) is 4.54. The molecule has 3 rings (SSSR count). The lowest BCUT2D eigenvalue weighted by Gasteiger charge is -2.09. The van der Waals surface area contributed by atoms with Gasteiger partial charge in [0.15, 0.2) is 6.61 Å². The molecule has 0 unspecified atom stereocenters. The van der Waals surface area contributed by atoms with Crippen LogP contribution in [-0.4, -0.2) is 18.5 Å². The van der Waals surface area contributed by atoms with Gasteiger partial charge in [0.1, 0.15) is 0 Å². The Kier molecular flexibility index (Phi) is 5.76. The number of hydrogen-bond acceptors (Lipinski definition) is 3. The number of rotatable bonds is 5. The molecule has 0 atom stereocenters. The molecule has 0 aliphatic heterocycles. The number of anilines is 1. The number of amides is 1. The summed E-state index contributed by atoms with van der Waals surface area (Å²) in [4.78, 5) is 23.9. The van der Waals surface area contributed by atoms with Crippen molar-refractivity contribution < 1.29 is 14.3 Å². The lowest BCUT2D eigenvalue weighted by Crippen LogP contribution is -2.21. The van der Waals surface area contributed by atoms with E-state index in [9.17, 15) is 9.59 Å². The summed E-state index contributed by atoms with van der Waals surface area (Å²) >= 11 is 11.9. The molecule has 4 nitrogen and oxygen atoms in total. The molecule has 1 amide bonds. The highest BCUT2D eigenvalue weighted by molar-refractivity contribution is 6.44. The van der Waals surface area contributed by atoms with E-state index in [0.29, 0.717) is 10.7 Å². The van der Waals surface area contributed by atoms with Crippen LogP contribution in [0.5, 0.6) is 0 Å². The molecule has 0 spiro atoms. The zero-order valence-electron chi connectivity index (χ0n) is 13.7. The second-order valence-electron chi connectivity index (χ2n) is 5.67. The standard InChI is InChI=1S/C20H15Cl2NO3/c21-16-6-3-7-17(20(16)22)23-18(24)12-26-19(25)11-13-8-9-14-4-1-2-5-15(14)10-13/h1-10H,11-12H2,(H,23,24). The second kappa shape index (κ2) is 8.21. The lowest BCUT2D eigenvalue weighted by atomic mass is 10.1. The molecule has 0 heterocycles. The van der Waals surface area contributed by atoms with Gasteiger partial charge in [-0.2, -0.15) is 0 Å². The zero-order valence-corrected chi connectivity index (χ0v) is 15.2. The van der Waals surface area contributed by atoms with Gasteiger partial charge in [-0.15, -0.1) is 0 Å². The predicted molar refractivity (Wildman–Crippen MR) is 104 cm³/mol. The van der Waals surface area contributed by atoms with E-state index in [2.05, 4.69) is 5.32 Å². The second-order valence-corrected chi connectivity index (χ2v) is 6.45. The van der Waals surface area contributed by atoms with Crippen molar-refractivity contribution >= 4 is 51.5 Å². The summed E-state index contributed by atoms with van der Waals surface area (Å²) < 4.78 is 5.04. The third-order valence-corrected chi connectivity index (χ3v) is 4.57. The Morgan fingerprint density at radius 1 is 0.923 bits per heavy atom. The maximum Gasteiger partial charge on any atom is 0.310 e. The van der Waals surface area contributed by atoms with Crippen LogP contribution >= 0.6 is 23.2 Å². The zero-order chi connectivity index (χ0) is 18.5. The normalized spacial score (nSPS) is 10.5. The van der Waals surface area contributed by atoms with Crippen molar-refractivity contribution in [3.05, 3.63) is 76.3 Å². The summed E-state index contributed by atoms with van der Waals surface area (Å²) in [6.45, 7) is -0.394. The molecule has 0 aliphatic carbocycles. The monoisotopic (exact) mass is 387 g/mol. The van der Waals surface area contributed by atoms with E-state index in [1.807, 2.05) is 42.5 Å². The van der Waals surface area contributed by atoms with Gasteiger partial charge >= 0.3 is 5.97 Å². The average Bonchev–Trinajstić information content (AvgIpc) is 2.64. The van der Waals surface area contributed by atoms with Crippen LogP contribution in [0.15, 0.2) is 60.7 Å². The summed E-state index contributed by atoms with van der Waals surface area (Å²) in [5, 5.41) is 5.28. The van der Waals surface area contributed by atoms with Crippen molar-refractivity contribution in [1.82, 2.24) is 0 Å². The van der Waals surface area contributed by atoms with Crippen LogP contribution < -0.4 is 5.32 Å². The topological polar surface area (TPSA) is 55.4 Å². The van der Waals surface area contributed by atoms with Crippen molar-refractivity contribution in [1.29, 1.82) is 0 Å². The Morgan fingerprint density at radius 3 is 2.50 bits per heavy atom. The number of ether oxygens (including phenoxy) is 1. The molecular weight excluding hydrogens is 373 g/mol. The highest BCUT2D eigenvalue weighted by Gasteiger charge is 2.11. The molecule has 3 aromatic carbocycles. The fourth-order valence-corrected chi connectivity index (χ4v) is 2.85. The van der Waals surface area contributed by atoms with Crippen molar-refractivity contribution in [2.45, 2.75) is 6.42 Å². The molecule has 0 saturated heterocycles. The summed E-state index contributed by atoms with van der Waals surface area (Å²) in [6, 6.07) is 18.5. The Morgan fingerprint density at radius 2 is 1.69 bits per heavy atom. The molecule has 26 heavy (non-hydrogen) atoms. The lowest BCUT2D eigenvalue weighted by molar-refractivity contribution is -0.146. The number of benzene rings is 3. The van der Waals surface area contributed by atoms with Crippen LogP contribution in [0.3, 0.4) is 0 Å². The molecule has 0 saturated carbocycles. The molecular formula is C20H15Cl2NO3. The SMILES string of the molecule is O=C(COC(=O)Cc1ccc2ccccc2c1)Nc1cccc(Cl)c1Cl. The molecule has 1 N–H and O–H groups in total. The van der Waals surface area contributed by atoms with Gasteiger partial charge in [0, 0.05) is 0 Å². The van der Waals surface area contributed by atoms with Gasteiger partial charge in [-0.05, 0) is 28.5 Å². The van der Waals surface area contributed by atoms with Gasteiger partial charge in [-0.3, -0.25) is 9.59 Å². The number of hydrogen-bond donors (Lipinski definition) is 1. The molecule has 0 radical (unpaired) electrons. The Balaban J connectivity index is 1.54. The van der Waals surface area contributed by atoms with Crippen LogP contribution in [0.4, 0.5) is 5.69 Å². The molecule has 0 fully saturated rings. The largest absolute Gasteiger partial charge is 0.455 e. The van der Waals surface area contributed by atoms with Gasteiger partial charge in [0.05, 0.1) is 22.2 Å². The Labute approximate surface area is 160 Å². The molecule has 3 aromatic rings. The van der Waals surface area contributed by atoms with Gasteiger partial charge in [-0.1, -0.05) is 71.7 Å². The number of esters is 1. The maximum absolute atomic E-state index is 12.0. The van der Waals surface area contributed by atoms with Gasteiger partial charge in [0.2, 0.25) is 0 Å². The first-order valence-electron chi connectivity index (χ1n) is 7.90. The summed E-state index contributed by atoms with van der Waals surface area (Å²) in [5.74, 6) is -0.964. The smallest absolute Gasteiger partial charge is 0.310 e. The summed E-state index contributed by atoms with van der Waals surface area (Å²) in [5.41, 5.74) is 1.20. The van der Waals surface area contributed by atoms with E-state index >= 15 is 0 Å². The molecule has 0 aliphatic rings. The fourth-order valence-electron chi connectivity index (χ4n) is 2.50. The molecule has 6 heteroatoms. The van der Waals surface area contributed by atoms with Crippen LogP contribution in [0, 0.1) is 0 Å². The van der Waals surface area contributed by atoms with Crippen LogP contribution in [0.25, 0.3) is 10.8 Å². The average molecular weight is 388 g/mol. The van der Waals surface area contributed by atoms with E-state index in [1.54, 1.807) is 18.2 Å². The Bertz CT molecular complexity index is 972. The number of halogens is 2. The minimum Gasteiger partial charge on any atom is -0.455 e. The fraction of sp³-hybridized carbons (Fsp3) is 0.100. The third-order valence-electron chi connectivity index (χ3n) is 3.75. The molecule has 0 bridgehead atoms. The number of carbonyl (C=O) groups excluding carboxylic acids is 2. The first-order valence-corrected chi connectivity index (χ1v) is 8.66. The molecule has 132 valence electrons. The molecule has 0 aromatic heterocycles. The van der Waals surface area contributed by atoms with Gasteiger partial charge in [-0.25, -0.2) is 0 Å². The highest BCUT2D eigenvalue weighted by atomic mass is 35.5. The summed E-state index contributed by atoms with van der Waals surface area (Å²) in [6.07, 6.45) is 0.0933. The Hall–Kier alpha value is -2.56. The van der Waals surface area contributed by atoms with Crippen LogP contribution in [0.2, 0.25) is 10.0 Å². The first kappa shape index (κ1) is 18.2. The van der Waals surface area contributed by atoms with Crippen LogP contribution in [0.1, 0.15) is 5.56 Å². The highest BCUT2D eigenvalue weighted by Crippen LogP contribution is 2.29. The van der Waals surface area contributed by atoms with Gasteiger partial charge < -0.3 is 10.1 Å². The van der Waals surface area contributed by atoms with E-state index < -0.39 is 18.5 Å². The minimum absolute atomic E-state index is 0.0933. The number of carbonyl (C=O) groups is 2. The van der Waals surface area contributed by atoms with Crippen LogP contribution in [-0.2, 0) is 20.7 Å². The quantitative estimate of drug-likeness (QED) is 0.635.